The van der Waals surface area contributed by atoms with Crippen molar-refractivity contribution >= 4 is 0 Å². The van der Waals surface area contributed by atoms with Gasteiger partial charge in [0.15, 0.2) is 0 Å². The molecule has 1 aliphatic rings. The van der Waals surface area contributed by atoms with Gasteiger partial charge in [0.05, 0.1) is 0 Å². The van der Waals surface area contributed by atoms with Crippen molar-refractivity contribution in [3.8, 4) is 0 Å². The van der Waals surface area contributed by atoms with E-state index >= 15 is 0 Å². The fourth-order valence-electron chi connectivity index (χ4n) is 2.48. The molecule has 1 aromatic rings. The lowest BCUT2D eigenvalue weighted by atomic mass is 9.73. The van der Waals surface area contributed by atoms with Crippen LogP contribution < -0.4 is 5.32 Å². The number of hydrogen-bond acceptors (Lipinski definition) is 1. The molecular weight excluding hydrogens is 182 g/mol. The molecule has 1 heteroatoms. The Labute approximate surface area is 92.9 Å². The van der Waals surface area contributed by atoms with Gasteiger partial charge in [-0.2, -0.15) is 0 Å². The average Bonchev–Trinajstić information content (AvgIpc) is 2.11. The van der Waals surface area contributed by atoms with Crippen LogP contribution >= 0.6 is 0 Å². The Morgan fingerprint density at radius 1 is 1.40 bits per heavy atom. The van der Waals surface area contributed by atoms with Crippen LogP contribution in [0.15, 0.2) is 24.3 Å². The zero-order valence-corrected chi connectivity index (χ0v) is 10.0. The molecule has 1 unspecified atom stereocenters. The van der Waals surface area contributed by atoms with E-state index in [1.807, 2.05) is 0 Å². The molecule has 0 bridgehead atoms. The fourth-order valence-corrected chi connectivity index (χ4v) is 2.48. The zero-order valence-electron chi connectivity index (χ0n) is 10.0. The largest absolute Gasteiger partial charge is 0.311 e. The number of nitrogens with one attached hydrogen (secondary N) is 1. The molecule has 1 atom stereocenters. The third-order valence-corrected chi connectivity index (χ3v) is 3.76. The van der Waals surface area contributed by atoms with Crippen molar-refractivity contribution in [2.45, 2.75) is 39.2 Å². The van der Waals surface area contributed by atoms with Crippen LogP contribution in [0.5, 0.6) is 0 Å². The number of benzene rings is 1. The van der Waals surface area contributed by atoms with Gasteiger partial charge in [-0.05, 0) is 37.8 Å². The smallest absolute Gasteiger partial charge is 0.0256 e. The Morgan fingerprint density at radius 3 is 2.60 bits per heavy atom. The van der Waals surface area contributed by atoms with Gasteiger partial charge in [-0.25, -0.2) is 0 Å². The van der Waals surface area contributed by atoms with Gasteiger partial charge in [0.2, 0.25) is 0 Å². The van der Waals surface area contributed by atoms with Crippen molar-refractivity contribution < 1.29 is 0 Å². The van der Waals surface area contributed by atoms with Gasteiger partial charge in [-0.15, -0.1) is 0 Å². The van der Waals surface area contributed by atoms with E-state index in [0.717, 1.165) is 0 Å². The van der Waals surface area contributed by atoms with E-state index in [2.05, 4.69) is 50.4 Å². The highest BCUT2D eigenvalue weighted by molar-refractivity contribution is 5.25. The molecule has 1 saturated heterocycles. The SMILES string of the molecule is Cc1cccc(CC2(C(C)C)CCN2)c1. The Balaban J connectivity index is 2.13. The molecule has 0 amide bonds. The summed E-state index contributed by atoms with van der Waals surface area (Å²) in [7, 11) is 0. The topological polar surface area (TPSA) is 12.0 Å². The zero-order chi connectivity index (χ0) is 10.9. The monoisotopic (exact) mass is 203 g/mol. The molecule has 0 aliphatic carbocycles. The summed E-state index contributed by atoms with van der Waals surface area (Å²) in [5.74, 6) is 0.715. The van der Waals surface area contributed by atoms with E-state index in [4.69, 9.17) is 0 Å². The maximum Gasteiger partial charge on any atom is 0.0256 e. The van der Waals surface area contributed by atoms with Gasteiger partial charge in [0.1, 0.15) is 0 Å². The quantitative estimate of drug-likeness (QED) is 0.796. The summed E-state index contributed by atoms with van der Waals surface area (Å²) in [6, 6.07) is 8.89. The second-order valence-electron chi connectivity index (χ2n) is 5.15. The number of hydrogen-bond donors (Lipinski definition) is 1. The second kappa shape index (κ2) is 3.97. The summed E-state index contributed by atoms with van der Waals surface area (Å²) >= 11 is 0. The second-order valence-corrected chi connectivity index (χ2v) is 5.15. The van der Waals surface area contributed by atoms with Crippen molar-refractivity contribution in [3.05, 3.63) is 35.4 Å². The van der Waals surface area contributed by atoms with Crippen LogP contribution in [0.2, 0.25) is 0 Å². The Hall–Kier alpha value is -0.820. The third kappa shape index (κ3) is 2.07. The molecule has 0 spiro atoms. The average molecular weight is 203 g/mol. The van der Waals surface area contributed by atoms with Gasteiger partial charge < -0.3 is 5.32 Å². The maximum absolute atomic E-state index is 3.63. The van der Waals surface area contributed by atoms with Crippen LogP contribution in [0.25, 0.3) is 0 Å². The standard InChI is InChI=1S/C14H21N/c1-11(2)14(7-8-15-14)10-13-6-4-5-12(3)9-13/h4-6,9,11,15H,7-8,10H2,1-3H3. The van der Waals surface area contributed by atoms with Crippen molar-refractivity contribution in [1.82, 2.24) is 5.32 Å². The molecule has 0 saturated carbocycles. The van der Waals surface area contributed by atoms with Crippen molar-refractivity contribution in [2.75, 3.05) is 6.54 Å². The third-order valence-electron chi connectivity index (χ3n) is 3.76. The highest BCUT2D eigenvalue weighted by Gasteiger charge is 2.39. The lowest BCUT2D eigenvalue weighted by Gasteiger charge is -2.47. The summed E-state index contributed by atoms with van der Waals surface area (Å²) in [4.78, 5) is 0. The summed E-state index contributed by atoms with van der Waals surface area (Å²) in [5, 5.41) is 3.63. The Kier molecular flexibility index (Phi) is 2.83. The summed E-state index contributed by atoms with van der Waals surface area (Å²) in [6.45, 7) is 7.99. The molecule has 2 rings (SSSR count). The van der Waals surface area contributed by atoms with Crippen LogP contribution in [-0.4, -0.2) is 12.1 Å². The van der Waals surface area contributed by atoms with Crippen molar-refractivity contribution in [1.29, 1.82) is 0 Å². The van der Waals surface area contributed by atoms with E-state index in [0.29, 0.717) is 11.5 Å². The molecule has 1 fully saturated rings. The van der Waals surface area contributed by atoms with Gasteiger partial charge in [-0.1, -0.05) is 43.7 Å². The van der Waals surface area contributed by atoms with E-state index in [9.17, 15) is 0 Å². The van der Waals surface area contributed by atoms with E-state index < -0.39 is 0 Å². The molecule has 1 aromatic carbocycles. The van der Waals surface area contributed by atoms with Gasteiger partial charge in [0, 0.05) is 5.54 Å². The van der Waals surface area contributed by atoms with Crippen LogP contribution in [-0.2, 0) is 6.42 Å². The summed E-state index contributed by atoms with van der Waals surface area (Å²) in [6.07, 6.45) is 2.49. The molecule has 1 aliphatic heterocycles. The molecular formula is C14H21N. The first kappa shape index (κ1) is 10.7. The van der Waals surface area contributed by atoms with E-state index in [1.165, 1.54) is 30.5 Å². The van der Waals surface area contributed by atoms with E-state index in [-0.39, 0.29) is 0 Å². The minimum absolute atomic E-state index is 0.369. The normalized spacial score (nSPS) is 25.3. The first-order valence-corrected chi connectivity index (χ1v) is 5.93. The molecule has 15 heavy (non-hydrogen) atoms. The van der Waals surface area contributed by atoms with Gasteiger partial charge >= 0.3 is 0 Å². The number of rotatable bonds is 3. The lowest BCUT2D eigenvalue weighted by molar-refractivity contribution is 0.139. The van der Waals surface area contributed by atoms with Crippen LogP contribution in [0.4, 0.5) is 0 Å². The maximum atomic E-state index is 3.63. The predicted octanol–water partition coefficient (Wildman–Crippen LogP) is 2.93. The summed E-state index contributed by atoms with van der Waals surface area (Å²) < 4.78 is 0. The highest BCUT2D eigenvalue weighted by Crippen LogP contribution is 2.31. The Bertz CT molecular complexity index is 337. The van der Waals surface area contributed by atoms with E-state index in [1.54, 1.807) is 0 Å². The van der Waals surface area contributed by atoms with Crippen LogP contribution in [0, 0.1) is 12.8 Å². The predicted molar refractivity (Wildman–Crippen MR) is 65.1 cm³/mol. The van der Waals surface area contributed by atoms with Crippen molar-refractivity contribution in [2.24, 2.45) is 5.92 Å². The van der Waals surface area contributed by atoms with Crippen molar-refractivity contribution in [3.63, 3.8) is 0 Å². The van der Waals surface area contributed by atoms with Gasteiger partial charge in [-0.3, -0.25) is 0 Å². The molecule has 1 heterocycles. The number of aryl methyl sites for hydroxylation is 1. The minimum Gasteiger partial charge on any atom is -0.311 e. The fraction of sp³-hybridized carbons (Fsp3) is 0.571. The highest BCUT2D eigenvalue weighted by atomic mass is 15.1. The Morgan fingerprint density at radius 2 is 2.13 bits per heavy atom. The molecule has 0 radical (unpaired) electrons. The lowest BCUT2D eigenvalue weighted by Crippen LogP contribution is -2.61. The summed E-state index contributed by atoms with van der Waals surface area (Å²) in [5.41, 5.74) is 3.20. The van der Waals surface area contributed by atoms with Gasteiger partial charge in [0.25, 0.3) is 0 Å². The molecule has 0 aromatic heterocycles. The van der Waals surface area contributed by atoms with Crippen LogP contribution in [0.3, 0.4) is 0 Å². The van der Waals surface area contributed by atoms with Crippen LogP contribution in [0.1, 0.15) is 31.4 Å². The minimum atomic E-state index is 0.369. The molecule has 1 N–H and O–H groups in total. The molecule has 82 valence electrons. The molecule has 1 nitrogen and oxygen atoms in total. The first-order chi connectivity index (χ1) is 7.12. The first-order valence-electron chi connectivity index (χ1n) is 5.93.